The van der Waals surface area contributed by atoms with Gasteiger partial charge in [-0.15, -0.1) is 0 Å². The molecule has 20 heavy (non-hydrogen) atoms. The van der Waals surface area contributed by atoms with Crippen molar-refractivity contribution >= 4 is 0 Å². The van der Waals surface area contributed by atoms with E-state index in [1.807, 2.05) is 7.11 Å². The van der Waals surface area contributed by atoms with Crippen LogP contribution in [0.4, 0.5) is 0 Å². The van der Waals surface area contributed by atoms with Crippen molar-refractivity contribution < 1.29 is 4.74 Å². The van der Waals surface area contributed by atoms with Crippen LogP contribution in [0.3, 0.4) is 0 Å². The molecular weight excluding hydrogens is 248 g/mol. The zero-order valence-electron chi connectivity index (χ0n) is 13.7. The fourth-order valence-corrected chi connectivity index (χ4v) is 4.41. The average Bonchev–Trinajstić information content (AvgIpc) is 2.48. The third-order valence-electron chi connectivity index (χ3n) is 5.41. The van der Waals surface area contributed by atoms with E-state index in [0.29, 0.717) is 6.04 Å². The van der Waals surface area contributed by atoms with Gasteiger partial charge in [0.2, 0.25) is 0 Å². The van der Waals surface area contributed by atoms with Crippen molar-refractivity contribution in [2.75, 3.05) is 33.9 Å². The number of piperidine rings is 1. The first-order chi connectivity index (χ1) is 9.78. The van der Waals surface area contributed by atoms with Crippen LogP contribution in [-0.4, -0.2) is 50.8 Å². The Balaban J connectivity index is 1.94. The minimum atomic E-state index is 0.699. The number of hydrogen-bond donors (Lipinski definition) is 1. The van der Waals surface area contributed by atoms with Gasteiger partial charge in [0.25, 0.3) is 0 Å². The molecule has 1 aliphatic carbocycles. The van der Waals surface area contributed by atoms with E-state index in [1.165, 1.54) is 58.0 Å². The lowest BCUT2D eigenvalue weighted by Crippen LogP contribution is -2.55. The Kier molecular flexibility index (Phi) is 6.79. The lowest BCUT2D eigenvalue weighted by atomic mass is 9.78. The Morgan fingerprint density at radius 3 is 2.75 bits per heavy atom. The summed E-state index contributed by atoms with van der Waals surface area (Å²) in [5, 5.41) is 3.59. The monoisotopic (exact) mass is 282 g/mol. The quantitative estimate of drug-likeness (QED) is 0.811. The molecule has 0 spiro atoms. The highest BCUT2D eigenvalue weighted by Gasteiger charge is 2.35. The van der Waals surface area contributed by atoms with Gasteiger partial charge in [-0.25, -0.2) is 0 Å². The minimum absolute atomic E-state index is 0.699. The van der Waals surface area contributed by atoms with E-state index in [2.05, 4.69) is 24.2 Å². The van der Waals surface area contributed by atoms with Crippen LogP contribution in [0.2, 0.25) is 0 Å². The molecule has 0 radical (unpaired) electrons. The van der Waals surface area contributed by atoms with Crippen molar-refractivity contribution in [3.05, 3.63) is 0 Å². The maximum absolute atomic E-state index is 5.39. The van der Waals surface area contributed by atoms with Gasteiger partial charge in [-0.05, 0) is 57.5 Å². The van der Waals surface area contributed by atoms with Crippen LogP contribution in [0.15, 0.2) is 0 Å². The Morgan fingerprint density at radius 2 is 2.05 bits per heavy atom. The van der Waals surface area contributed by atoms with Gasteiger partial charge in [-0.2, -0.15) is 0 Å². The van der Waals surface area contributed by atoms with E-state index >= 15 is 0 Å². The van der Waals surface area contributed by atoms with Crippen molar-refractivity contribution in [2.45, 2.75) is 64.0 Å². The molecule has 2 aliphatic rings. The molecule has 4 atom stereocenters. The second-order valence-corrected chi connectivity index (χ2v) is 6.89. The van der Waals surface area contributed by atoms with Crippen LogP contribution in [0.25, 0.3) is 0 Å². The molecule has 0 amide bonds. The third-order valence-corrected chi connectivity index (χ3v) is 5.41. The van der Waals surface area contributed by atoms with Gasteiger partial charge in [-0.3, -0.25) is 4.90 Å². The normalized spacial score (nSPS) is 36.1. The molecule has 2 fully saturated rings. The molecule has 1 N–H and O–H groups in total. The number of likely N-dealkylation sites (N-methyl/N-ethyl adjacent to an activating group) is 1. The molecule has 4 unspecified atom stereocenters. The summed E-state index contributed by atoms with van der Waals surface area (Å²) in [5.41, 5.74) is 0. The predicted molar refractivity (Wildman–Crippen MR) is 85.1 cm³/mol. The molecule has 118 valence electrons. The van der Waals surface area contributed by atoms with Gasteiger partial charge in [0.15, 0.2) is 0 Å². The van der Waals surface area contributed by atoms with Crippen molar-refractivity contribution in [1.82, 2.24) is 10.2 Å². The Labute approximate surface area is 125 Å². The smallest absolute Gasteiger partial charge is 0.0502 e. The van der Waals surface area contributed by atoms with Crippen LogP contribution in [0, 0.1) is 11.8 Å². The largest absolute Gasteiger partial charge is 0.384 e. The first-order valence-corrected chi connectivity index (χ1v) is 8.68. The second kappa shape index (κ2) is 8.35. The van der Waals surface area contributed by atoms with Crippen molar-refractivity contribution in [2.24, 2.45) is 11.8 Å². The van der Waals surface area contributed by atoms with Crippen molar-refractivity contribution in [1.29, 1.82) is 0 Å². The molecule has 1 saturated carbocycles. The van der Waals surface area contributed by atoms with Gasteiger partial charge in [-0.1, -0.05) is 19.8 Å². The number of methoxy groups -OCH3 is 1. The lowest BCUT2D eigenvalue weighted by molar-refractivity contribution is 0.0341. The van der Waals surface area contributed by atoms with Gasteiger partial charge in [0.1, 0.15) is 0 Å². The van der Waals surface area contributed by atoms with E-state index in [-0.39, 0.29) is 0 Å². The standard InChI is InChI=1S/C17H34N2O/c1-4-6-14-8-9-16(18-2)17(11-14)19-10-5-7-15(12-19)13-20-3/h14-18H,4-13H2,1-3H3. The van der Waals surface area contributed by atoms with E-state index in [0.717, 1.165) is 24.5 Å². The second-order valence-electron chi connectivity index (χ2n) is 6.89. The average molecular weight is 282 g/mol. The zero-order chi connectivity index (χ0) is 14.4. The van der Waals surface area contributed by atoms with Crippen LogP contribution in [0.5, 0.6) is 0 Å². The van der Waals surface area contributed by atoms with E-state index in [1.54, 1.807) is 0 Å². The van der Waals surface area contributed by atoms with Gasteiger partial charge in [0.05, 0.1) is 6.61 Å². The summed E-state index contributed by atoms with van der Waals surface area (Å²) in [4.78, 5) is 2.77. The summed E-state index contributed by atoms with van der Waals surface area (Å²) in [6, 6.07) is 1.45. The van der Waals surface area contributed by atoms with Crippen molar-refractivity contribution in [3.63, 3.8) is 0 Å². The molecule has 1 heterocycles. The molecule has 1 aliphatic heterocycles. The number of nitrogens with one attached hydrogen (secondary N) is 1. The lowest BCUT2D eigenvalue weighted by Gasteiger charge is -2.46. The maximum Gasteiger partial charge on any atom is 0.0502 e. The van der Waals surface area contributed by atoms with E-state index in [9.17, 15) is 0 Å². The molecular formula is C17H34N2O. The molecule has 1 saturated heterocycles. The summed E-state index contributed by atoms with van der Waals surface area (Å²) >= 11 is 0. The summed E-state index contributed by atoms with van der Waals surface area (Å²) in [5.74, 6) is 1.70. The minimum Gasteiger partial charge on any atom is -0.384 e. The highest BCUT2D eigenvalue weighted by atomic mass is 16.5. The fraction of sp³-hybridized carbons (Fsp3) is 1.00. The predicted octanol–water partition coefficient (Wildman–Crippen LogP) is 2.90. The van der Waals surface area contributed by atoms with Crippen LogP contribution >= 0.6 is 0 Å². The number of rotatable bonds is 6. The Hall–Kier alpha value is -0.120. The first-order valence-electron chi connectivity index (χ1n) is 8.68. The highest BCUT2D eigenvalue weighted by molar-refractivity contribution is 4.92. The van der Waals surface area contributed by atoms with Gasteiger partial charge >= 0.3 is 0 Å². The summed E-state index contributed by atoms with van der Waals surface area (Å²) in [7, 11) is 3.99. The first kappa shape index (κ1) is 16.3. The molecule has 0 aromatic heterocycles. The third kappa shape index (κ3) is 4.19. The number of likely N-dealkylation sites (tertiary alicyclic amines) is 1. The fourth-order valence-electron chi connectivity index (χ4n) is 4.41. The number of hydrogen-bond acceptors (Lipinski definition) is 3. The Morgan fingerprint density at radius 1 is 1.20 bits per heavy atom. The molecule has 0 aromatic carbocycles. The topological polar surface area (TPSA) is 24.5 Å². The van der Waals surface area contributed by atoms with Crippen molar-refractivity contribution in [3.8, 4) is 0 Å². The maximum atomic E-state index is 5.39. The van der Waals surface area contributed by atoms with Crippen LogP contribution < -0.4 is 5.32 Å². The van der Waals surface area contributed by atoms with Gasteiger partial charge < -0.3 is 10.1 Å². The van der Waals surface area contributed by atoms with Crippen LogP contribution in [0.1, 0.15) is 51.9 Å². The summed E-state index contributed by atoms with van der Waals surface area (Å²) in [6.07, 6.45) is 9.64. The number of nitrogens with zero attached hydrogens (tertiary/aromatic N) is 1. The molecule has 2 rings (SSSR count). The molecule has 0 aromatic rings. The van der Waals surface area contributed by atoms with E-state index < -0.39 is 0 Å². The SMILES string of the molecule is CCCC1CCC(NC)C(N2CCCC(COC)C2)C1. The summed E-state index contributed by atoms with van der Waals surface area (Å²) < 4.78 is 5.39. The molecule has 3 heteroatoms. The molecule has 0 bridgehead atoms. The highest BCUT2D eigenvalue weighted by Crippen LogP contribution is 2.33. The van der Waals surface area contributed by atoms with Gasteiger partial charge in [0, 0.05) is 25.7 Å². The zero-order valence-corrected chi connectivity index (χ0v) is 13.7. The summed E-state index contributed by atoms with van der Waals surface area (Å²) in [6.45, 7) is 5.80. The molecule has 3 nitrogen and oxygen atoms in total. The van der Waals surface area contributed by atoms with Crippen LogP contribution in [-0.2, 0) is 4.74 Å². The Bertz CT molecular complexity index is 270. The number of ether oxygens (including phenoxy) is 1. The van der Waals surface area contributed by atoms with E-state index in [4.69, 9.17) is 4.74 Å².